The lowest BCUT2D eigenvalue weighted by Gasteiger charge is -2.51. The van der Waals surface area contributed by atoms with Gasteiger partial charge in [-0.1, -0.05) is 261 Å². The third-order valence-corrected chi connectivity index (χ3v) is 18.3. The fourth-order valence-corrected chi connectivity index (χ4v) is 13.0. The molecule has 0 bridgehead atoms. The van der Waals surface area contributed by atoms with Crippen LogP contribution < -0.4 is 0 Å². The van der Waals surface area contributed by atoms with E-state index in [0.717, 1.165) is 44.5 Å². The minimum absolute atomic E-state index is 0.00113. The van der Waals surface area contributed by atoms with Crippen molar-refractivity contribution >= 4 is 17.9 Å². The minimum atomic E-state index is -1.63. The molecule has 0 saturated carbocycles. The van der Waals surface area contributed by atoms with Crippen LogP contribution in [0.1, 0.15) is 67.7 Å². The molecule has 0 amide bonds. The van der Waals surface area contributed by atoms with Crippen molar-refractivity contribution in [2.45, 2.75) is 158 Å². The van der Waals surface area contributed by atoms with E-state index in [1.165, 1.54) is 0 Å². The molecule has 0 radical (unpaired) electrons. The van der Waals surface area contributed by atoms with E-state index in [1.807, 2.05) is 243 Å². The highest BCUT2D eigenvalue weighted by atomic mass is 16.8. The summed E-state index contributed by atoms with van der Waals surface area (Å²) >= 11 is 0. The van der Waals surface area contributed by atoms with Gasteiger partial charge in [-0.05, 0) is 56.6 Å². The molecule has 0 N–H and O–H groups in total. The average Bonchev–Trinajstić information content (AvgIpc) is 1.01. The molecule has 0 spiro atoms. The molecule has 19 heteroatoms. The van der Waals surface area contributed by atoms with E-state index in [4.69, 9.17) is 75.8 Å². The third kappa shape index (κ3) is 20.6. The van der Waals surface area contributed by atoms with Crippen molar-refractivity contribution in [3.63, 3.8) is 0 Å². The van der Waals surface area contributed by atoms with Gasteiger partial charge in [0.2, 0.25) is 0 Å². The number of hydrogen-bond donors (Lipinski definition) is 0. The molecule has 4 fully saturated rings. The summed E-state index contributed by atoms with van der Waals surface area (Å²) in [5.74, 6) is -2.43. The summed E-state index contributed by atoms with van der Waals surface area (Å²) in [5.41, 5.74) is 7.05. The van der Waals surface area contributed by atoms with Crippen LogP contribution in [0.3, 0.4) is 0 Å². The molecule has 540 valence electrons. The Labute approximate surface area is 605 Å². The van der Waals surface area contributed by atoms with Crippen LogP contribution in [0.25, 0.3) is 0 Å². The van der Waals surface area contributed by atoms with Crippen LogP contribution in [0, 0.1) is 0 Å². The van der Waals surface area contributed by atoms with E-state index in [1.54, 1.807) is 30.3 Å². The summed E-state index contributed by atoms with van der Waals surface area (Å²) < 4.78 is 112. The van der Waals surface area contributed by atoms with Gasteiger partial charge >= 0.3 is 17.9 Å². The molecular weight excluding hydrogens is 1320 g/mol. The first kappa shape index (κ1) is 73.2. The molecule has 4 aliphatic heterocycles. The van der Waals surface area contributed by atoms with E-state index in [-0.39, 0.29) is 78.2 Å². The normalized spacial score (nSPS) is 25.6. The molecule has 4 saturated heterocycles. The van der Waals surface area contributed by atoms with Gasteiger partial charge in [-0.3, -0.25) is 9.59 Å². The summed E-state index contributed by atoms with van der Waals surface area (Å²) in [5, 5.41) is 0. The van der Waals surface area contributed by atoms with E-state index in [0.29, 0.717) is 0 Å². The Kier molecular flexibility index (Phi) is 26.8. The molecule has 13 rings (SSSR count). The Hall–Kier alpha value is -9.13. The number of benzene rings is 9. The predicted octanol–water partition coefficient (Wildman–Crippen LogP) is 13.0. The van der Waals surface area contributed by atoms with Crippen LogP contribution in [0.15, 0.2) is 273 Å². The first-order valence-corrected chi connectivity index (χ1v) is 35.3. The van der Waals surface area contributed by atoms with Crippen LogP contribution in [-0.4, -0.2) is 130 Å². The highest BCUT2D eigenvalue weighted by Crippen LogP contribution is 2.40. The van der Waals surface area contributed by atoms with Gasteiger partial charge in [0, 0.05) is 0 Å². The maximum atomic E-state index is 14.9. The standard InChI is InChI=1S/C85H86O19/c86-71-46-47-72(87)101-80-77(94-53-64-38-20-6-21-39-64)74(103-84-79(95-54-65-40-22-7-23-41-65)76(93-52-63-36-18-5-19-37-63)73(92-51-62-34-16-4-17-35-62)68(98-84)56-89-48-59-28-10-1-11-29-59)69(57-90-49-60-30-12-2-13-31-60)99-85(80)104-75-70(58-91-50-61-32-14-3-15-33-61)97-83(96-55-66-42-24-8-25-43-66)81(78(75)100-71)102-82(88)67-44-26-9-27-45-67/h1-45,68-70,73-81,83-85H,46-58H2/t68-,69+,70-,73-,74-,75-,76+,77+,78+,79-,80-,81-,83+,84+,85-/m1/s1. The quantitative estimate of drug-likeness (QED) is 0.0293. The second-order valence-corrected chi connectivity index (χ2v) is 25.8. The Morgan fingerprint density at radius 3 is 1.07 bits per heavy atom. The van der Waals surface area contributed by atoms with E-state index in [2.05, 4.69) is 0 Å². The van der Waals surface area contributed by atoms with Crippen LogP contribution >= 0.6 is 0 Å². The van der Waals surface area contributed by atoms with Gasteiger partial charge in [0.15, 0.2) is 37.2 Å². The Bertz CT molecular complexity index is 3990. The van der Waals surface area contributed by atoms with Gasteiger partial charge in [-0.15, -0.1) is 0 Å². The van der Waals surface area contributed by atoms with Crippen molar-refractivity contribution in [3.8, 4) is 0 Å². The highest BCUT2D eigenvalue weighted by Gasteiger charge is 2.59. The molecule has 19 nitrogen and oxygen atoms in total. The second kappa shape index (κ2) is 38.0. The number of carbonyl (C=O) groups is 3. The molecule has 104 heavy (non-hydrogen) atoms. The SMILES string of the molecule is O=C1CCC(=O)O[C@H]2[C@@H](O[C@H]3[C@H](O1)[C@@H](OC(=O)c1ccccc1)[C@@H](OCc1ccccc1)O[C@@H]3COCc1ccccc1)O[C@@H](COCc1ccccc1)[C@@H](O[C@@H]1O[C@H](COCc3ccccc3)[C@@H](OCc3ccccc3)[C@H](OCc3ccccc3)[C@H]1OCc1ccccc1)[C@@H]2OCc1ccccc1. The van der Waals surface area contributed by atoms with E-state index >= 15 is 0 Å². The van der Waals surface area contributed by atoms with Crippen molar-refractivity contribution < 1.29 is 90.2 Å². The van der Waals surface area contributed by atoms with E-state index < -0.39 is 123 Å². The average molecular weight is 1410 g/mol. The summed E-state index contributed by atoms with van der Waals surface area (Å²) in [4.78, 5) is 44.1. The molecule has 9 aromatic rings. The molecule has 4 heterocycles. The van der Waals surface area contributed by atoms with Gasteiger partial charge in [-0.2, -0.15) is 0 Å². The molecule has 9 aromatic carbocycles. The molecular formula is C85H86O19. The largest absolute Gasteiger partial charge is 0.455 e. The Morgan fingerprint density at radius 1 is 0.298 bits per heavy atom. The summed E-state index contributed by atoms with van der Waals surface area (Å²) in [6, 6.07) is 85.8. The van der Waals surface area contributed by atoms with Crippen LogP contribution in [0.4, 0.5) is 0 Å². The van der Waals surface area contributed by atoms with Crippen molar-refractivity contribution in [2.24, 2.45) is 0 Å². The fraction of sp³-hybridized carbons (Fsp3) is 0.329. The second-order valence-electron chi connectivity index (χ2n) is 25.8. The number of carbonyl (C=O) groups excluding carboxylic acids is 3. The molecule has 0 unspecified atom stereocenters. The van der Waals surface area contributed by atoms with Crippen molar-refractivity contribution in [1.29, 1.82) is 0 Å². The van der Waals surface area contributed by atoms with Gasteiger partial charge in [0.25, 0.3) is 0 Å². The number of rotatable bonds is 31. The Balaban J connectivity index is 0.923. The zero-order valence-electron chi connectivity index (χ0n) is 57.6. The Morgan fingerprint density at radius 2 is 0.635 bits per heavy atom. The van der Waals surface area contributed by atoms with Gasteiger partial charge in [-0.25, -0.2) is 4.79 Å². The molecule has 15 atom stereocenters. The summed E-state index contributed by atoms with van der Waals surface area (Å²) in [6.45, 7) is 0.441. The zero-order chi connectivity index (χ0) is 70.9. The number of fused-ring (bicyclic) bond motifs is 2. The van der Waals surface area contributed by atoms with Crippen LogP contribution in [0.5, 0.6) is 0 Å². The third-order valence-electron chi connectivity index (χ3n) is 18.3. The highest BCUT2D eigenvalue weighted by molar-refractivity contribution is 5.89. The first-order valence-electron chi connectivity index (χ1n) is 35.3. The first-order chi connectivity index (χ1) is 51.3. The predicted molar refractivity (Wildman–Crippen MR) is 380 cm³/mol. The molecule has 0 aromatic heterocycles. The van der Waals surface area contributed by atoms with Gasteiger partial charge < -0.3 is 75.8 Å². The fourth-order valence-electron chi connectivity index (χ4n) is 13.0. The molecule has 4 aliphatic rings. The lowest BCUT2D eigenvalue weighted by atomic mass is 9.95. The summed E-state index contributed by atoms with van der Waals surface area (Å²) in [7, 11) is 0. The topological polar surface area (TPSA) is 199 Å². The van der Waals surface area contributed by atoms with E-state index in [9.17, 15) is 14.4 Å². The maximum Gasteiger partial charge on any atom is 0.338 e. The van der Waals surface area contributed by atoms with Crippen molar-refractivity contribution in [2.75, 3.05) is 19.8 Å². The monoisotopic (exact) mass is 1410 g/mol. The number of hydrogen-bond acceptors (Lipinski definition) is 19. The zero-order valence-corrected chi connectivity index (χ0v) is 57.6. The number of ether oxygens (including phenoxy) is 16. The van der Waals surface area contributed by atoms with Crippen LogP contribution in [0.2, 0.25) is 0 Å². The van der Waals surface area contributed by atoms with Gasteiger partial charge in [0.05, 0.1) is 91.1 Å². The smallest absolute Gasteiger partial charge is 0.338 e. The van der Waals surface area contributed by atoms with Crippen molar-refractivity contribution in [3.05, 3.63) is 323 Å². The molecule has 0 aliphatic carbocycles. The number of esters is 3. The van der Waals surface area contributed by atoms with Crippen LogP contribution in [-0.2, 0) is 138 Å². The van der Waals surface area contributed by atoms with Gasteiger partial charge in [0.1, 0.15) is 54.9 Å². The summed E-state index contributed by atoms with van der Waals surface area (Å²) in [6.07, 6.45) is -20.2. The lowest BCUT2D eigenvalue weighted by molar-refractivity contribution is -0.388. The lowest BCUT2D eigenvalue weighted by Crippen LogP contribution is -2.68. The maximum absolute atomic E-state index is 14.9. The van der Waals surface area contributed by atoms with Crippen molar-refractivity contribution in [1.82, 2.24) is 0 Å². The minimum Gasteiger partial charge on any atom is -0.455 e.